The van der Waals surface area contributed by atoms with Crippen LogP contribution in [-0.4, -0.2) is 40.2 Å². The lowest BCUT2D eigenvalue weighted by Gasteiger charge is -2.14. The van der Waals surface area contributed by atoms with Crippen molar-refractivity contribution >= 4 is 29.4 Å². The van der Waals surface area contributed by atoms with Gasteiger partial charge in [-0.05, 0) is 31.2 Å². The van der Waals surface area contributed by atoms with Crippen molar-refractivity contribution in [3.63, 3.8) is 0 Å². The fourth-order valence-electron chi connectivity index (χ4n) is 2.66. The number of aromatic carboxylic acids is 1. The molecule has 1 aliphatic rings. The van der Waals surface area contributed by atoms with Crippen molar-refractivity contribution in [2.24, 2.45) is 0 Å². The molecule has 0 spiro atoms. The van der Waals surface area contributed by atoms with E-state index >= 15 is 0 Å². The largest absolute Gasteiger partial charge is 0.478 e. The van der Waals surface area contributed by atoms with E-state index in [-0.39, 0.29) is 22.4 Å². The predicted octanol–water partition coefficient (Wildman–Crippen LogP) is 1.93. The molecule has 0 unspecified atom stereocenters. The molecule has 25 heavy (non-hydrogen) atoms. The molecule has 0 bridgehead atoms. The summed E-state index contributed by atoms with van der Waals surface area (Å²) in [7, 11) is 0. The van der Waals surface area contributed by atoms with Gasteiger partial charge in [0.15, 0.2) is 0 Å². The maximum absolute atomic E-state index is 12.2. The summed E-state index contributed by atoms with van der Waals surface area (Å²) in [6.07, 6.45) is 0. The van der Waals surface area contributed by atoms with Gasteiger partial charge in [0.05, 0.1) is 22.4 Å². The number of nitrogens with one attached hydrogen (secondary N) is 1. The molecule has 0 saturated heterocycles. The summed E-state index contributed by atoms with van der Waals surface area (Å²) in [5.74, 6) is -2.92. The molecule has 0 fully saturated rings. The average Bonchev–Trinajstić information content (AvgIpc) is 2.82. The SMILES string of the molecule is Cc1ccc(NC(=O)CN2C(=O)c3ccccc3C2=O)c(C(=O)O)c1. The monoisotopic (exact) mass is 338 g/mol. The van der Waals surface area contributed by atoms with E-state index in [1.54, 1.807) is 25.1 Å². The van der Waals surface area contributed by atoms with Gasteiger partial charge in [-0.25, -0.2) is 4.79 Å². The molecule has 0 aliphatic carbocycles. The Bertz CT molecular complexity index is 884. The van der Waals surface area contributed by atoms with E-state index in [0.29, 0.717) is 0 Å². The number of carboxylic acids is 1. The van der Waals surface area contributed by atoms with Gasteiger partial charge in [0.25, 0.3) is 11.8 Å². The zero-order valence-electron chi connectivity index (χ0n) is 13.3. The van der Waals surface area contributed by atoms with E-state index < -0.39 is 30.2 Å². The Labute approximate surface area is 142 Å². The molecule has 2 aromatic carbocycles. The van der Waals surface area contributed by atoms with Crippen molar-refractivity contribution in [2.75, 3.05) is 11.9 Å². The molecule has 2 N–H and O–H groups in total. The van der Waals surface area contributed by atoms with E-state index in [4.69, 9.17) is 0 Å². The number of rotatable bonds is 4. The van der Waals surface area contributed by atoms with Gasteiger partial charge in [-0.15, -0.1) is 0 Å². The van der Waals surface area contributed by atoms with Crippen LogP contribution in [0.2, 0.25) is 0 Å². The molecule has 0 saturated carbocycles. The van der Waals surface area contributed by atoms with Gasteiger partial charge in [-0.2, -0.15) is 0 Å². The summed E-state index contributed by atoms with van der Waals surface area (Å²) in [5.41, 5.74) is 1.29. The quantitative estimate of drug-likeness (QED) is 0.829. The van der Waals surface area contributed by atoms with E-state index in [9.17, 15) is 24.3 Å². The molecule has 7 heteroatoms. The van der Waals surface area contributed by atoms with Crippen molar-refractivity contribution < 1.29 is 24.3 Å². The van der Waals surface area contributed by atoms with Gasteiger partial charge < -0.3 is 10.4 Å². The van der Waals surface area contributed by atoms with Crippen LogP contribution < -0.4 is 5.32 Å². The topological polar surface area (TPSA) is 104 Å². The van der Waals surface area contributed by atoms with Crippen molar-refractivity contribution in [2.45, 2.75) is 6.92 Å². The number of amides is 3. The number of benzene rings is 2. The molecule has 3 amide bonds. The minimum Gasteiger partial charge on any atom is -0.478 e. The van der Waals surface area contributed by atoms with E-state index in [2.05, 4.69) is 5.32 Å². The number of anilines is 1. The standard InChI is InChI=1S/C18H14N2O5/c1-10-6-7-14(13(8-10)18(24)25)19-15(21)9-20-16(22)11-4-2-3-5-12(11)17(20)23/h2-8H,9H2,1H3,(H,19,21)(H,24,25). The highest BCUT2D eigenvalue weighted by molar-refractivity contribution is 6.22. The third kappa shape index (κ3) is 2.99. The van der Waals surface area contributed by atoms with Gasteiger partial charge in [0.2, 0.25) is 5.91 Å². The molecule has 1 aliphatic heterocycles. The first kappa shape index (κ1) is 16.4. The predicted molar refractivity (Wildman–Crippen MR) is 88.6 cm³/mol. The van der Waals surface area contributed by atoms with Crippen molar-refractivity contribution in [1.82, 2.24) is 4.90 Å². The molecule has 0 radical (unpaired) electrons. The normalized spacial score (nSPS) is 12.9. The first-order chi connectivity index (χ1) is 11.9. The van der Waals surface area contributed by atoms with Crippen LogP contribution in [0.1, 0.15) is 36.6 Å². The smallest absolute Gasteiger partial charge is 0.337 e. The first-order valence-electron chi connectivity index (χ1n) is 7.47. The zero-order chi connectivity index (χ0) is 18.1. The lowest BCUT2D eigenvalue weighted by Crippen LogP contribution is -2.37. The van der Waals surface area contributed by atoms with E-state index in [1.807, 2.05) is 0 Å². The maximum Gasteiger partial charge on any atom is 0.337 e. The number of carbonyl (C=O) groups is 4. The Morgan fingerprint density at radius 2 is 1.64 bits per heavy atom. The Hall–Kier alpha value is -3.48. The van der Waals surface area contributed by atoms with Crippen LogP contribution in [0.25, 0.3) is 0 Å². The number of hydrogen-bond acceptors (Lipinski definition) is 4. The second-order valence-corrected chi connectivity index (χ2v) is 5.64. The van der Waals surface area contributed by atoms with E-state index in [1.165, 1.54) is 24.3 Å². The van der Waals surface area contributed by atoms with Gasteiger partial charge in [-0.1, -0.05) is 23.8 Å². The molecular formula is C18H14N2O5. The van der Waals surface area contributed by atoms with Crippen LogP contribution in [0.4, 0.5) is 5.69 Å². The minimum absolute atomic E-state index is 0.0595. The molecule has 0 aromatic heterocycles. The van der Waals surface area contributed by atoms with Crippen LogP contribution in [0, 0.1) is 6.92 Å². The molecule has 3 rings (SSSR count). The fraction of sp³-hybridized carbons (Fsp3) is 0.111. The zero-order valence-corrected chi connectivity index (χ0v) is 13.3. The highest BCUT2D eigenvalue weighted by Crippen LogP contribution is 2.23. The summed E-state index contributed by atoms with van der Waals surface area (Å²) >= 11 is 0. The lowest BCUT2D eigenvalue weighted by molar-refractivity contribution is -0.116. The van der Waals surface area contributed by atoms with Crippen LogP contribution in [0.15, 0.2) is 42.5 Å². The summed E-state index contributed by atoms with van der Waals surface area (Å²) in [6, 6.07) is 10.9. The Kier molecular flexibility index (Phi) is 4.06. The first-order valence-corrected chi connectivity index (χ1v) is 7.47. The van der Waals surface area contributed by atoms with Crippen molar-refractivity contribution in [3.8, 4) is 0 Å². The van der Waals surface area contributed by atoms with Crippen molar-refractivity contribution in [1.29, 1.82) is 0 Å². The fourth-order valence-corrected chi connectivity index (χ4v) is 2.66. The number of carbonyl (C=O) groups excluding carboxylic acids is 3. The second kappa shape index (κ2) is 6.20. The summed E-state index contributed by atoms with van der Waals surface area (Å²) < 4.78 is 0. The average molecular weight is 338 g/mol. The van der Waals surface area contributed by atoms with Gasteiger partial charge in [0, 0.05) is 0 Å². The second-order valence-electron chi connectivity index (χ2n) is 5.64. The molecule has 2 aromatic rings. The Balaban J connectivity index is 1.78. The van der Waals surface area contributed by atoms with Gasteiger partial charge >= 0.3 is 5.97 Å². The number of hydrogen-bond donors (Lipinski definition) is 2. The minimum atomic E-state index is -1.18. The van der Waals surface area contributed by atoms with Crippen molar-refractivity contribution in [3.05, 3.63) is 64.7 Å². The third-order valence-electron chi connectivity index (χ3n) is 3.86. The third-order valence-corrected chi connectivity index (χ3v) is 3.86. The van der Waals surface area contributed by atoms with Crippen LogP contribution in [0.3, 0.4) is 0 Å². The maximum atomic E-state index is 12.2. The summed E-state index contributed by atoms with van der Waals surface area (Å²) in [5, 5.41) is 11.7. The number of aryl methyl sites for hydroxylation is 1. The lowest BCUT2D eigenvalue weighted by atomic mass is 10.1. The number of imide groups is 1. The van der Waals surface area contributed by atoms with E-state index in [0.717, 1.165) is 10.5 Å². The molecule has 0 atom stereocenters. The van der Waals surface area contributed by atoms with Crippen LogP contribution >= 0.6 is 0 Å². The van der Waals surface area contributed by atoms with Gasteiger partial charge in [0.1, 0.15) is 6.54 Å². The molecule has 7 nitrogen and oxygen atoms in total. The molecule has 126 valence electrons. The van der Waals surface area contributed by atoms with Crippen LogP contribution in [-0.2, 0) is 4.79 Å². The molecule has 1 heterocycles. The van der Waals surface area contributed by atoms with Crippen LogP contribution in [0.5, 0.6) is 0 Å². The summed E-state index contributed by atoms with van der Waals surface area (Å²) in [4.78, 5) is 48.8. The van der Waals surface area contributed by atoms with Gasteiger partial charge in [-0.3, -0.25) is 19.3 Å². The highest BCUT2D eigenvalue weighted by Gasteiger charge is 2.36. The number of fused-ring (bicyclic) bond motifs is 1. The summed E-state index contributed by atoms with van der Waals surface area (Å²) in [6.45, 7) is 1.25. The highest BCUT2D eigenvalue weighted by atomic mass is 16.4. The number of nitrogens with zero attached hydrogens (tertiary/aromatic N) is 1. The Morgan fingerprint density at radius 3 is 2.20 bits per heavy atom. The molecular weight excluding hydrogens is 324 g/mol. The Morgan fingerprint density at radius 1 is 1.04 bits per heavy atom. The number of carboxylic acid groups (broad SMARTS) is 1.